The van der Waals surface area contributed by atoms with Crippen LogP contribution in [0.5, 0.6) is 0 Å². The Hall–Kier alpha value is -3.19. The zero-order valence-corrected chi connectivity index (χ0v) is 18.7. The summed E-state index contributed by atoms with van der Waals surface area (Å²) in [4.78, 5) is 39.3. The molecule has 2 aliphatic heterocycles. The van der Waals surface area contributed by atoms with Gasteiger partial charge in [0.15, 0.2) is 0 Å². The molecule has 7 nitrogen and oxygen atoms in total. The second-order valence-corrected chi connectivity index (χ2v) is 9.78. The highest BCUT2D eigenvalue weighted by Gasteiger charge is 2.70. The lowest BCUT2D eigenvalue weighted by Crippen LogP contribution is -2.48. The van der Waals surface area contributed by atoms with Gasteiger partial charge in [-0.2, -0.15) is 0 Å². The molecule has 2 aliphatic carbocycles. The summed E-state index contributed by atoms with van der Waals surface area (Å²) in [7, 11) is 0. The quantitative estimate of drug-likeness (QED) is 0.541. The van der Waals surface area contributed by atoms with E-state index in [-0.39, 0.29) is 23.8 Å². The number of ether oxygens (including phenoxy) is 3. The van der Waals surface area contributed by atoms with Gasteiger partial charge in [0.2, 0.25) is 0 Å². The maximum absolute atomic E-state index is 13.7. The van der Waals surface area contributed by atoms with Crippen molar-refractivity contribution in [2.45, 2.75) is 37.1 Å². The van der Waals surface area contributed by atoms with Crippen LogP contribution in [0.2, 0.25) is 0 Å². The van der Waals surface area contributed by atoms with Gasteiger partial charge in [-0.1, -0.05) is 48.5 Å². The summed E-state index contributed by atoms with van der Waals surface area (Å²) in [6.45, 7) is 1.48. The molecular weight excluding hydrogens is 434 g/mol. The van der Waals surface area contributed by atoms with Gasteiger partial charge < -0.3 is 19.5 Å². The Bertz CT molecular complexity index is 1100. The van der Waals surface area contributed by atoms with Crippen LogP contribution in [0.4, 0.5) is 0 Å². The molecule has 6 rings (SSSR count). The number of nitrogens with one attached hydrogen (secondary N) is 1. The van der Waals surface area contributed by atoms with Crippen molar-refractivity contribution >= 4 is 17.9 Å². The third-order valence-corrected chi connectivity index (χ3v) is 8.08. The summed E-state index contributed by atoms with van der Waals surface area (Å²) in [6.07, 6.45) is 0.814. The minimum Gasteiger partial charge on any atom is -0.458 e. The molecule has 0 radical (unpaired) electrons. The fourth-order valence-electron chi connectivity index (χ4n) is 6.52. The molecule has 7 heteroatoms. The molecule has 6 atom stereocenters. The number of hydrogen-bond acceptors (Lipinski definition) is 7. The Labute approximate surface area is 197 Å². The van der Waals surface area contributed by atoms with Gasteiger partial charge in [0.25, 0.3) is 0 Å². The summed E-state index contributed by atoms with van der Waals surface area (Å²) in [5.41, 5.74) is 0.666. The highest BCUT2D eigenvalue weighted by atomic mass is 16.6. The van der Waals surface area contributed by atoms with Crippen LogP contribution in [0.3, 0.4) is 0 Å². The first-order valence-corrected chi connectivity index (χ1v) is 12.0. The standard InChI is InChI=1S/C27H27NO6/c29-24(16-7-3-1-4-8-16)32-22-19-15-18-20(25(30)33-23(18)22)21(19)26(31)34-27(11-13-28-14-12-27)17-9-5-2-6-10-17/h1-10,18-23,28H,11-15H2. The molecule has 0 aromatic heterocycles. The van der Waals surface area contributed by atoms with Crippen molar-refractivity contribution in [2.75, 3.05) is 13.1 Å². The Balaban J connectivity index is 1.27. The summed E-state index contributed by atoms with van der Waals surface area (Å²) < 4.78 is 17.8. The van der Waals surface area contributed by atoms with Crippen LogP contribution in [-0.4, -0.2) is 43.2 Å². The van der Waals surface area contributed by atoms with Gasteiger partial charge in [-0.05, 0) is 37.2 Å². The van der Waals surface area contributed by atoms with Crippen LogP contribution in [-0.2, 0) is 29.4 Å². The van der Waals surface area contributed by atoms with E-state index in [2.05, 4.69) is 5.32 Å². The topological polar surface area (TPSA) is 90.9 Å². The van der Waals surface area contributed by atoms with Crippen molar-refractivity contribution in [1.29, 1.82) is 0 Å². The lowest BCUT2D eigenvalue weighted by molar-refractivity contribution is -0.175. The van der Waals surface area contributed by atoms with E-state index in [1.165, 1.54) is 0 Å². The number of hydrogen-bond donors (Lipinski definition) is 1. The Morgan fingerprint density at radius 1 is 0.941 bits per heavy atom. The number of carbonyl (C=O) groups is 3. The molecule has 2 saturated carbocycles. The number of esters is 3. The lowest BCUT2D eigenvalue weighted by Gasteiger charge is -2.39. The molecule has 4 fully saturated rings. The second-order valence-electron chi connectivity index (χ2n) is 9.78. The Morgan fingerprint density at radius 3 is 2.32 bits per heavy atom. The number of rotatable bonds is 5. The molecular formula is C27H27NO6. The molecule has 2 bridgehead atoms. The van der Waals surface area contributed by atoms with E-state index in [0.717, 1.165) is 18.7 Å². The summed E-state index contributed by atoms with van der Waals surface area (Å²) in [6, 6.07) is 18.6. The zero-order valence-electron chi connectivity index (χ0n) is 18.7. The zero-order chi connectivity index (χ0) is 23.3. The first kappa shape index (κ1) is 21.4. The highest BCUT2D eigenvalue weighted by molar-refractivity contribution is 5.90. The summed E-state index contributed by atoms with van der Waals surface area (Å²) >= 11 is 0. The van der Waals surface area contributed by atoms with Crippen molar-refractivity contribution in [3.63, 3.8) is 0 Å². The van der Waals surface area contributed by atoms with Gasteiger partial charge in [-0.15, -0.1) is 0 Å². The number of fused-ring (bicyclic) bond motifs is 1. The summed E-state index contributed by atoms with van der Waals surface area (Å²) in [5.74, 6) is -2.84. The maximum Gasteiger partial charge on any atom is 0.338 e. The number of piperidine rings is 1. The van der Waals surface area contributed by atoms with Gasteiger partial charge in [-0.25, -0.2) is 4.79 Å². The second kappa shape index (κ2) is 8.24. The lowest BCUT2D eigenvalue weighted by atomic mass is 9.78. The van der Waals surface area contributed by atoms with Crippen LogP contribution < -0.4 is 5.32 Å². The largest absolute Gasteiger partial charge is 0.458 e. The Morgan fingerprint density at radius 2 is 1.62 bits per heavy atom. The maximum atomic E-state index is 13.7. The molecule has 2 heterocycles. The number of carbonyl (C=O) groups excluding carboxylic acids is 3. The third-order valence-electron chi connectivity index (χ3n) is 8.08. The van der Waals surface area contributed by atoms with Crippen LogP contribution in [0.15, 0.2) is 60.7 Å². The van der Waals surface area contributed by atoms with Crippen LogP contribution in [0, 0.1) is 23.7 Å². The van der Waals surface area contributed by atoms with Crippen molar-refractivity contribution in [2.24, 2.45) is 23.7 Å². The molecule has 0 spiro atoms. The molecule has 1 N–H and O–H groups in total. The van der Waals surface area contributed by atoms with Crippen LogP contribution >= 0.6 is 0 Å². The minimum atomic E-state index is -0.733. The first-order chi connectivity index (χ1) is 16.6. The predicted molar refractivity (Wildman–Crippen MR) is 120 cm³/mol. The first-order valence-electron chi connectivity index (χ1n) is 12.0. The third kappa shape index (κ3) is 3.33. The number of benzene rings is 2. The van der Waals surface area contributed by atoms with Crippen molar-refractivity contribution in [3.05, 3.63) is 71.8 Å². The Kier molecular flexibility index (Phi) is 5.17. The summed E-state index contributed by atoms with van der Waals surface area (Å²) in [5, 5.41) is 3.33. The fraction of sp³-hybridized carbons (Fsp3) is 0.444. The molecule has 0 amide bonds. The van der Waals surface area contributed by atoms with E-state index in [1.807, 2.05) is 36.4 Å². The van der Waals surface area contributed by atoms with E-state index in [4.69, 9.17) is 14.2 Å². The monoisotopic (exact) mass is 461 g/mol. The minimum absolute atomic E-state index is 0.121. The van der Waals surface area contributed by atoms with Crippen molar-refractivity contribution < 1.29 is 28.6 Å². The van der Waals surface area contributed by atoms with E-state index < -0.39 is 35.6 Å². The molecule has 2 aromatic carbocycles. The normalized spacial score (nSPS) is 32.8. The predicted octanol–water partition coefficient (Wildman–Crippen LogP) is 2.84. The van der Waals surface area contributed by atoms with Gasteiger partial charge in [-0.3, -0.25) is 9.59 Å². The van der Waals surface area contributed by atoms with Crippen molar-refractivity contribution in [3.8, 4) is 0 Å². The fourth-order valence-corrected chi connectivity index (χ4v) is 6.52. The van der Waals surface area contributed by atoms with Gasteiger partial charge in [0.05, 0.1) is 17.4 Å². The van der Waals surface area contributed by atoms with Crippen molar-refractivity contribution in [1.82, 2.24) is 5.32 Å². The molecule has 6 unspecified atom stereocenters. The highest BCUT2D eigenvalue weighted by Crippen LogP contribution is 2.59. The molecule has 2 saturated heterocycles. The van der Waals surface area contributed by atoms with E-state index in [1.54, 1.807) is 24.3 Å². The molecule has 4 aliphatic rings. The van der Waals surface area contributed by atoms with Gasteiger partial charge in [0, 0.05) is 24.7 Å². The average molecular weight is 462 g/mol. The molecule has 2 aromatic rings. The van der Waals surface area contributed by atoms with Gasteiger partial charge in [0.1, 0.15) is 17.8 Å². The van der Waals surface area contributed by atoms with E-state index in [0.29, 0.717) is 24.8 Å². The average Bonchev–Trinajstić information content (AvgIpc) is 3.49. The molecule has 34 heavy (non-hydrogen) atoms. The van der Waals surface area contributed by atoms with E-state index in [9.17, 15) is 14.4 Å². The van der Waals surface area contributed by atoms with E-state index >= 15 is 0 Å². The van der Waals surface area contributed by atoms with Gasteiger partial charge >= 0.3 is 17.9 Å². The molecule has 176 valence electrons. The van der Waals surface area contributed by atoms with Crippen LogP contribution in [0.1, 0.15) is 35.2 Å². The smallest absolute Gasteiger partial charge is 0.338 e. The van der Waals surface area contributed by atoms with Crippen LogP contribution in [0.25, 0.3) is 0 Å². The SMILES string of the molecule is O=C(OC1C2CC3C1OC(=O)C3C2C(=O)OC1(c2ccccc2)CCNCC1)c1ccccc1.